The molecule has 4 aliphatic rings. The highest BCUT2D eigenvalue weighted by molar-refractivity contribution is 5.82. The lowest BCUT2D eigenvalue weighted by Crippen LogP contribution is -2.63. The highest BCUT2D eigenvalue weighted by Crippen LogP contribution is 2.49. The van der Waals surface area contributed by atoms with Crippen molar-refractivity contribution in [1.82, 2.24) is 0 Å². The topological polar surface area (TPSA) is 288 Å². The number of carbonyl (C=O) groups excluding carboxylic acids is 1. The molecule has 0 aromatic rings. The fourth-order valence-corrected chi connectivity index (χ4v) is 11.0. The van der Waals surface area contributed by atoms with E-state index in [0.717, 1.165) is 25.9 Å². The van der Waals surface area contributed by atoms with Crippen molar-refractivity contribution in [2.24, 2.45) is 47.3 Å². The summed E-state index contributed by atoms with van der Waals surface area (Å²) in [4.78, 5) is 13.7. The summed E-state index contributed by atoms with van der Waals surface area (Å²) in [7, 11) is 0. The van der Waals surface area contributed by atoms with Crippen LogP contribution in [0.15, 0.2) is 36.5 Å². The van der Waals surface area contributed by atoms with Gasteiger partial charge in [0.05, 0.1) is 61.0 Å². The normalized spacial score (nSPS) is 44.8. The summed E-state index contributed by atoms with van der Waals surface area (Å²) in [5.74, 6) is -4.43. The predicted octanol–water partition coefficient (Wildman–Crippen LogP) is 4.44. The van der Waals surface area contributed by atoms with Gasteiger partial charge in [-0.05, 0) is 89.4 Å². The molecule has 0 aromatic heterocycles. The Kier molecular flexibility index (Phi) is 27.4. The van der Waals surface area contributed by atoms with Crippen LogP contribution in [0.4, 0.5) is 0 Å². The lowest BCUT2D eigenvalue weighted by Gasteiger charge is -2.56. The van der Waals surface area contributed by atoms with Crippen molar-refractivity contribution >= 4 is 5.97 Å². The smallest absolute Gasteiger partial charge is 0.330 e. The second kappa shape index (κ2) is 29.9. The van der Waals surface area contributed by atoms with Gasteiger partial charge in [0.2, 0.25) is 0 Å². The van der Waals surface area contributed by atoms with Crippen LogP contribution in [0.3, 0.4) is 0 Å². The van der Waals surface area contributed by atoms with Crippen LogP contribution in [0.1, 0.15) is 153 Å². The Morgan fingerprint density at radius 3 is 2.03 bits per heavy atom. The Labute approximate surface area is 419 Å². The van der Waals surface area contributed by atoms with Gasteiger partial charge in [-0.15, -0.1) is 0 Å². The second-order valence-corrected chi connectivity index (χ2v) is 21.7. The summed E-state index contributed by atoms with van der Waals surface area (Å²) in [6.07, 6.45) is 3.86. The van der Waals surface area contributed by atoms with Gasteiger partial charge in [0.1, 0.15) is 23.9 Å². The van der Waals surface area contributed by atoms with Crippen molar-refractivity contribution < 1.29 is 80.3 Å². The molecule has 1 spiro atoms. The first kappa shape index (κ1) is 64.2. The third-order valence-corrected chi connectivity index (χ3v) is 16.1. The minimum atomic E-state index is -2.18. The van der Waals surface area contributed by atoms with Crippen molar-refractivity contribution in [3.05, 3.63) is 36.5 Å². The molecule has 0 amide bonds. The Hall–Kier alpha value is -1.87. The highest BCUT2D eigenvalue weighted by atomic mass is 16.7. The molecule has 0 aromatic carbocycles. The minimum absolute atomic E-state index is 0. The van der Waals surface area contributed by atoms with Crippen molar-refractivity contribution in [3.63, 3.8) is 0 Å². The van der Waals surface area contributed by atoms with Gasteiger partial charge < -0.3 is 75.5 Å². The van der Waals surface area contributed by atoms with Crippen LogP contribution < -0.4 is 0 Å². The first-order valence-electron chi connectivity index (χ1n) is 26.4. The van der Waals surface area contributed by atoms with E-state index >= 15 is 0 Å². The van der Waals surface area contributed by atoms with Crippen molar-refractivity contribution in [3.8, 4) is 0 Å². The fourth-order valence-electron chi connectivity index (χ4n) is 11.0. The monoisotopic (exact) mass is 1000 g/mol. The minimum Gasteiger partial charge on any atom is -0.458 e. The molecule has 4 rings (SSSR count). The summed E-state index contributed by atoms with van der Waals surface area (Å²) < 4.78 is 25.4. The largest absolute Gasteiger partial charge is 0.458 e. The third-order valence-electron chi connectivity index (χ3n) is 16.1. The molecule has 2 bridgehead atoms. The summed E-state index contributed by atoms with van der Waals surface area (Å²) in [5.41, 5.74) is -2.18. The zero-order valence-electron chi connectivity index (χ0n) is 44.3. The molecule has 16 nitrogen and oxygen atoms in total. The van der Waals surface area contributed by atoms with Gasteiger partial charge in [0, 0.05) is 55.1 Å². The van der Waals surface area contributed by atoms with Gasteiger partial charge >= 0.3 is 5.97 Å². The SMILES string of the molecule is CC1OCCCC1O.CCCC1(O)C(O)C(C)C/C=C/C=C/C(CC(C)O)CCC2OC3(CCC(C)C(C(C)C(O)CC)O3)C(C)C(OC(=O)/C=C/C(C)C(O)C(C)C(O)CC(O)C(O)C1O)C2C.O. The zero-order valence-corrected chi connectivity index (χ0v) is 44.3. The number of esters is 1. The van der Waals surface area contributed by atoms with Crippen molar-refractivity contribution in [2.45, 2.75) is 244 Å². The third kappa shape index (κ3) is 17.4. The summed E-state index contributed by atoms with van der Waals surface area (Å²) >= 11 is 0. The molecule has 16 heteroatoms. The van der Waals surface area contributed by atoms with Gasteiger partial charge in [-0.3, -0.25) is 0 Å². The number of hydrogen-bond acceptors (Lipinski definition) is 15. The number of allylic oxidation sites excluding steroid dienone is 4. The molecule has 3 fully saturated rings. The first-order chi connectivity index (χ1) is 32.3. The van der Waals surface area contributed by atoms with Crippen LogP contribution in [0, 0.1) is 47.3 Å². The number of aliphatic hydroxyl groups excluding tert-OH is 9. The highest BCUT2D eigenvalue weighted by Gasteiger charge is 2.57. The van der Waals surface area contributed by atoms with Gasteiger partial charge in [0.25, 0.3) is 0 Å². The summed E-state index contributed by atoms with van der Waals surface area (Å²) in [6.45, 7) is 21.3. The van der Waals surface area contributed by atoms with E-state index in [1.165, 1.54) is 12.2 Å². The number of hydrogen-bond donors (Lipinski definition) is 10. The van der Waals surface area contributed by atoms with E-state index in [-0.39, 0.29) is 65.9 Å². The maximum Gasteiger partial charge on any atom is 0.330 e. The second-order valence-electron chi connectivity index (χ2n) is 21.7. The van der Waals surface area contributed by atoms with Crippen molar-refractivity contribution in [2.75, 3.05) is 6.61 Å². The van der Waals surface area contributed by atoms with Crippen LogP contribution in [0.2, 0.25) is 0 Å². The fraction of sp³-hybridized carbons (Fsp3) is 0.870. The Morgan fingerprint density at radius 2 is 1.44 bits per heavy atom. The Bertz CT molecular complexity index is 1570. The zero-order chi connectivity index (χ0) is 52.0. The molecule has 0 radical (unpaired) electrons. The predicted molar refractivity (Wildman–Crippen MR) is 268 cm³/mol. The van der Waals surface area contributed by atoms with Crippen LogP contribution in [0.25, 0.3) is 0 Å². The van der Waals surface area contributed by atoms with E-state index in [2.05, 4.69) is 6.92 Å². The summed E-state index contributed by atoms with van der Waals surface area (Å²) in [6, 6.07) is 0. The van der Waals surface area contributed by atoms with E-state index in [9.17, 15) is 50.8 Å². The van der Waals surface area contributed by atoms with Crippen LogP contribution >= 0.6 is 0 Å². The van der Waals surface area contributed by atoms with Crippen LogP contribution in [-0.4, -0.2) is 160 Å². The van der Waals surface area contributed by atoms with Crippen LogP contribution in [-0.2, 0) is 23.7 Å². The molecule has 0 aliphatic carbocycles. The number of carbonyl (C=O) groups is 1. The quantitative estimate of drug-likeness (QED) is 0.158. The number of rotatable bonds is 7. The summed E-state index contributed by atoms with van der Waals surface area (Å²) in [5, 5.41) is 109. The van der Waals surface area contributed by atoms with E-state index in [4.69, 9.17) is 24.1 Å². The Balaban J connectivity index is 0.00000169. The lowest BCUT2D eigenvalue weighted by atomic mass is 9.73. The average Bonchev–Trinajstić information content (AvgIpc) is 3.31. The van der Waals surface area contributed by atoms with E-state index in [1.807, 2.05) is 58.9 Å². The lowest BCUT2D eigenvalue weighted by molar-refractivity contribution is -0.376. The van der Waals surface area contributed by atoms with Gasteiger partial charge in [-0.25, -0.2) is 4.79 Å². The van der Waals surface area contributed by atoms with E-state index in [1.54, 1.807) is 34.6 Å². The standard InChI is InChI=1S/C48H84O13.C6H12O2.H2O/c1-11-23-47(58)45(56)29(5)16-14-13-15-17-35(25-30(6)49)19-20-39-33(9)44(34(10)48(60-39)24-22-28(4)43(61-48)32(8)36(50)12-2)59-40(53)21-18-27(3)41(54)31(7)37(51)26-38(52)42(55)46(47)57;1-5-6(7)3-2-4-8-5;/h13-15,17-18,21,27-39,41-46,49-52,54-58H,11-12,16,19-20,22-26H2,1-10H3;5-7H,2-4H2,1H3;1H2/b14-13+,17-15+,21-18+;;. The molecule has 4 aliphatic heterocycles. The number of ether oxygens (including phenoxy) is 4. The first-order valence-corrected chi connectivity index (χ1v) is 26.4. The molecule has 410 valence electrons. The number of fused-ring (bicyclic) bond motifs is 2. The van der Waals surface area contributed by atoms with Crippen LogP contribution in [0.5, 0.6) is 0 Å². The molecule has 4 heterocycles. The molecular formula is C54H98O16. The molecule has 12 N–H and O–H groups in total. The van der Waals surface area contributed by atoms with E-state index in [0.29, 0.717) is 44.9 Å². The molecular weight excluding hydrogens is 905 g/mol. The number of aliphatic hydroxyl groups is 10. The average molecular weight is 1000 g/mol. The molecule has 3 saturated heterocycles. The molecule has 70 heavy (non-hydrogen) atoms. The maximum atomic E-state index is 13.7. The molecule has 23 unspecified atom stereocenters. The maximum absolute atomic E-state index is 13.7. The van der Waals surface area contributed by atoms with Gasteiger partial charge in [0.15, 0.2) is 5.79 Å². The van der Waals surface area contributed by atoms with Gasteiger partial charge in [-0.1, -0.05) is 99.1 Å². The molecule has 0 saturated carbocycles. The van der Waals surface area contributed by atoms with Gasteiger partial charge in [-0.2, -0.15) is 0 Å². The van der Waals surface area contributed by atoms with E-state index < -0.39 is 96.5 Å². The van der Waals surface area contributed by atoms with Crippen molar-refractivity contribution in [1.29, 1.82) is 0 Å². The Morgan fingerprint density at radius 1 is 0.771 bits per heavy atom. The molecule has 23 atom stereocenters.